The molecule has 0 saturated carbocycles. The summed E-state index contributed by atoms with van der Waals surface area (Å²) >= 11 is 1.20. The number of hydrogen-bond donors (Lipinski definition) is 2. The quantitative estimate of drug-likeness (QED) is 0.403. The lowest BCUT2D eigenvalue weighted by Crippen LogP contribution is -2.22. The molecular formula is C20H17N5O2S. The third-order valence-corrected chi connectivity index (χ3v) is 5.16. The number of thioether (sulfide) groups is 1. The average Bonchev–Trinajstić information content (AvgIpc) is 3.18. The first-order valence-corrected chi connectivity index (χ1v) is 9.62. The molecule has 0 radical (unpaired) electrons. The summed E-state index contributed by atoms with van der Waals surface area (Å²) in [6, 6.07) is 16.8. The van der Waals surface area contributed by atoms with Crippen molar-refractivity contribution >= 4 is 34.4 Å². The Morgan fingerprint density at radius 3 is 2.68 bits per heavy atom. The van der Waals surface area contributed by atoms with E-state index < -0.39 is 0 Å². The van der Waals surface area contributed by atoms with Crippen molar-refractivity contribution in [2.45, 2.75) is 12.1 Å². The predicted molar refractivity (Wildman–Crippen MR) is 110 cm³/mol. The van der Waals surface area contributed by atoms with Gasteiger partial charge in [-0.1, -0.05) is 48.2 Å². The highest BCUT2D eigenvalue weighted by Gasteiger charge is 2.16. The van der Waals surface area contributed by atoms with Crippen LogP contribution < -0.4 is 10.9 Å². The van der Waals surface area contributed by atoms with Crippen molar-refractivity contribution in [3.05, 3.63) is 76.7 Å². The molecule has 8 heteroatoms. The predicted octanol–water partition coefficient (Wildman–Crippen LogP) is 3.15. The minimum Gasteiger partial charge on any atom is -0.325 e. The number of nitrogens with zero attached hydrogens (tertiary/aromatic N) is 3. The number of carbonyl (C=O) groups excluding carboxylic acids is 1. The zero-order chi connectivity index (χ0) is 19.5. The van der Waals surface area contributed by atoms with Crippen LogP contribution in [0.2, 0.25) is 0 Å². The topological polar surface area (TPSA) is 92.7 Å². The molecule has 2 aromatic carbocycles. The van der Waals surface area contributed by atoms with Crippen LogP contribution in [0.3, 0.4) is 0 Å². The summed E-state index contributed by atoms with van der Waals surface area (Å²) < 4.78 is 1.50. The van der Waals surface area contributed by atoms with Gasteiger partial charge in [-0.25, -0.2) is 4.98 Å². The Hall–Kier alpha value is -3.39. The van der Waals surface area contributed by atoms with E-state index in [4.69, 9.17) is 0 Å². The minimum absolute atomic E-state index is 0.118. The van der Waals surface area contributed by atoms with E-state index in [1.165, 1.54) is 22.5 Å². The fraction of sp³-hybridized carbons (Fsp3) is 0.100. The molecule has 7 nitrogen and oxygen atoms in total. The summed E-state index contributed by atoms with van der Waals surface area (Å²) in [6.45, 7) is 1.93. The molecule has 1 amide bonds. The molecule has 0 unspecified atom stereocenters. The summed E-state index contributed by atoms with van der Waals surface area (Å²) in [5.41, 5.74) is 2.61. The summed E-state index contributed by atoms with van der Waals surface area (Å²) in [5, 5.41) is 10.4. The second kappa shape index (κ2) is 7.69. The van der Waals surface area contributed by atoms with Crippen LogP contribution in [0, 0.1) is 6.92 Å². The lowest BCUT2D eigenvalue weighted by atomic mass is 10.2. The van der Waals surface area contributed by atoms with Gasteiger partial charge in [0.15, 0.2) is 10.8 Å². The Balaban J connectivity index is 1.64. The van der Waals surface area contributed by atoms with E-state index >= 15 is 0 Å². The first kappa shape index (κ1) is 18.0. The molecule has 0 aliphatic rings. The van der Waals surface area contributed by atoms with Gasteiger partial charge in [0.05, 0.1) is 17.6 Å². The molecule has 140 valence electrons. The van der Waals surface area contributed by atoms with Gasteiger partial charge in [0.25, 0.3) is 5.56 Å². The van der Waals surface area contributed by atoms with Crippen molar-refractivity contribution in [2.75, 3.05) is 11.1 Å². The van der Waals surface area contributed by atoms with Gasteiger partial charge in [-0.05, 0) is 30.7 Å². The molecule has 2 aromatic heterocycles. The maximum absolute atomic E-state index is 12.9. The second-order valence-corrected chi connectivity index (χ2v) is 7.10. The van der Waals surface area contributed by atoms with E-state index in [2.05, 4.69) is 20.5 Å². The Bertz CT molecular complexity index is 1200. The first-order chi connectivity index (χ1) is 13.6. The summed E-state index contributed by atoms with van der Waals surface area (Å²) in [6.07, 6.45) is 1.46. The number of hydrogen-bond acceptors (Lipinski definition) is 5. The molecule has 0 spiro atoms. The summed E-state index contributed by atoms with van der Waals surface area (Å²) in [5.74, 6) is -0.0503. The fourth-order valence-electron chi connectivity index (χ4n) is 2.81. The molecule has 0 bridgehead atoms. The maximum atomic E-state index is 12.9. The van der Waals surface area contributed by atoms with Gasteiger partial charge in [0.1, 0.15) is 5.39 Å². The fourth-order valence-corrected chi connectivity index (χ4v) is 3.61. The SMILES string of the molecule is Cc1ccccc1NC(=O)CSc1nc2[nH]ncc2c(=O)n1-c1ccccc1. The third kappa shape index (κ3) is 3.54. The zero-order valence-electron chi connectivity index (χ0n) is 15.0. The normalized spacial score (nSPS) is 10.9. The van der Waals surface area contributed by atoms with E-state index in [0.29, 0.717) is 21.9 Å². The number of fused-ring (bicyclic) bond motifs is 1. The van der Waals surface area contributed by atoms with Gasteiger partial charge in [-0.3, -0.25) is 19.3 Å². The highest BCUT2D eigenvalue weighted by molar-refractivity contribution is 7.99. The van der Waals surface area contributed by atoms with Gasteiger partial charge in [-0.2, -0.15) is 5.10 Å². The standard InChI is InChI=1S/C20H17N5O2S/c1-13-7-5-6-10-16(13)22-17(26)12-28-20-23-18-15(11-21-24-18)19(27)25(20)14-8-3-2-4-9-14/h2-11H,12H2,1H3,(H,21,24)(H,22,26). The number of H-pyrrole nitrogens is 1. The Labute approximate surface area is 164 Å². The van der Waals surface area contributed by atoms with Crippen molar-refractivity contribution < 1.29 is 4.79 Å². The highest BCUT2D eigenvalue weighted by atomic mass is 32.2. The highest BCUT2D eigenvalue weighted by Crippen LogP contribution is 2.21. The van der Waals surface area contributed by atoms with Crippen LogP contribution in [0.15, 0.2) is 70.7 Å². The van der Waals surface area contributed by atoms with Gasteiger partial charge in [0.2, 0.25) is 5.91 Å². The van der Waals surface area contributed by atoms with Crippen molar-refractivity contribution in [1.82, 2.24) is 19.7 Å². The molecule has 28 heavy (non-hydrogen) atoms. The van der Waals surface area contributed by atoms with Crippen LogP contribution in [0.4, 0.5) is 5.69 Å². The number of carbonyl (C=O) groups is 1. The Morgan fingerprint density at radius 2 is 1.89 bits per heavy atom. The molecule has 4 aromatic rings. The van der Waals surface area contributed by atoms with Gasteiger partial charge in [-0.15, -0.1) is 0 Å². The Kier molecular flexibility index (Phi) is 4.94. The lowest BCUT2D eigenvalue weighted by molar-refractivity contribution is -0.113. The monoisotopic (exact) mass is 391 g/mol. The third-order valence-electron chi connectivity index (χ3n) is 4.22. The number of benzene rings is 2. The van der Waals surface area contributed by atoms with Crippen LogP contribution in [-0.2, 0) is 4.79 Å². The van der Waals surface area contributed by atoms with Crippen molar-refractivity contribution in [1.29, 1.82) is 0 Å². The number of para-hydroxylation sites is 2. The molecule has 4 rings (SSSR count). The van der Waals surface area contributed by atoms with Crippen molar-refractivity contribution in [3.8, 4) is 5.69 Å². The van der Waals surface area contributed by atoms with E-state index in [0.717, 1.165) is 11.3 Å². The molecule has 2 heterocycles. The molecule has 0 aliphatic heterocycles. The molecule has 2 N–H and O–H groups in total. The second-order valence-electron chi connectivity index (χ2n) is 6.15. The summed E-state index contributed by atoms with van der Waals surface area (Å²) in [7, 11) is 0. The van der Waals surface area contributed by atoms with E-state index in [1.54, 1.807) is 0 Å². The first-order valence-electron chi connectivity index (χ1n) is 8.63. The van der Waals surface area contributed by atoms with Crippen molar-refractivity contribution in [2.24, 2.45) is 0 Å². The van der Waals surface area contributed by atoms with Crippen molar-refractivity contribution in [3.63, 3.8) is 0 Å². The van der Waals surface area contributed by atoms with E-state index in [1.807, 2.05) is 61.5 Å². The van der Waals surface area contributed by atoms with Gasteiger partial charge < -0.3 is 5.32 Å². The molecule has 0 saturated heterocycles. The number of anilines is 1. The molecular weight excluding hydrogens is 374 g/mol. The Morgan fingerprint density at radius 1 is 1.14 bits per heavy atom. The molecule has 0 fully saturated rings. The van der Waals surface area contributed by atoms with Crippen LogP contribution in [0.5, 0.6) is 0 Å². The molecule has 0 atom stereocenters. The van der Waals surface area contributed by atoms with Crippen LogP contribution in [0.25, 0.3) is 16.7 Å². The van der Waals surface area contributed by atoms with Crippen LogP contribution >= 0.6 is 11.8 Å². The number of amides is 1. The smallest absolute Gasteiger partial charge is 0.269 e. The van der Waals surface area contributed by atoms with E-state index in [9.17, 15) is 9.59 Å². The lowest BCUT2D eigenvalue weighted by Gasteiger charge is -2.12. The molecule has 0 aliphatic carbocycles. The van der Waals surface area contributed by atoms with Crippen LogP contribution in [0.1, 0.15) is 5.56 Å². The van der Waals surface area contributed by atoms with E-state index in [-0.39, 0.29) is 17.2 Å². The number of aromatic nitrogens is 4. The average molecular weight is 391 g/mol. The largest absolute Gasteiger partial charge is 0.325 e. The van der Waals surface area contributed by atoms with Crippen LogP contribution in [-0.4, -0.2) is 31.4 Å². The number of aromatic amines is 1. The number of rotatable bonds is 5. The summed E-state index contributed by atoms with van der Waals surface area (Å²) in [4.78, 5) is 29.9. The van der Waals surface area contributed by atoms with Gasteiger partial charge >= 0.3 is 0 Å². The minimum atomic E-state index is -0.230. The number of aryl methyl sites for hydroxylation is 1. The van der Waals surface area contributed by atoms with Gasteiger partial charge in [0, 0.05) is 5.69 Å². The number of nitrogens with one attached hydrogen (secondary N) is 2. The maximum Gasteiger partial charge on any atom is 0.269 e. The zero-order valence-corrected chi connectivity index (χ0v) is 15.9.